The second-order valence-electron chi connectivity index (χ2n) is 6.90. The van der Waals surface area contributed by atoms with Gasteiger partial charge in [-0.1, -0.05) is 6.92 Å². The van der Waals surface area contributed by atoms with Crippen molar-refractivity contribution in [2.24, 2.45) is 11.1 Å². The van der Waals surface area contributed by atoms with Crippen molar-refractivity contribution in [3.8, 4) is 11.5 Å². The van der Waals surface area contributed by atoms with Crippen molar-refractivity contribution in [3.05, 3.63) is 41.4 Å². The van der Waals surface area contributed by atoms with E-state index in [0.717, 1.165) is 37.2 Å². The second-order valence-corrected chi connectivity index (χ2v) is 6.90. The van der Waals surface area contributed by atoms with Crippen LogP contribution in [-0.4, -0.2) is 21.0 Å². The number of rotatable bonds is 4. The lowest BCUT2D eigenvalue weighted by atomic mass is 9.87. The minimum absolute atomic E-state index is 0.184. The number of hydrogen-bond acceptors (Lipinski definition) is 5. The van der Waals surface area contributed by atoms with Gasteiger partial charge < -0.3 is 5.32 Å². The van der Waals surface area contributed by atoms with Crippen LogP contribution in [0.5, 0.6) is 0 Å². The number of nitrogens with zero attached hydrogens (tertiary/aromatic N) is 4. The normalized spacial score (nSPS) is 20.2. The first-order valence-electron chi connectivity index (χ1n) is 8.79. The number of pyridine rings is 1. The lowest BCUT2D eigenvalue weighted by molar-refractivity contribution is -0.500. The van der Waals surface area contributed by atoms with Gasteiger partial charge in [-0.2, -0.15) is 4.40 Å². The molecule has 0 aromatic carbocycles. The fraction of sp³-hybridized carbons (Fsp3) is 0.389. The van der Waals surface area contributed by atoms with Gasteiger partial charge >= 0.3 is 0 Å². The van der Waals surface area contributed by atoms with E-state index in [1.807, 2.05) is 0 Å². The number of anilines is 1. The van der Waals surface area contributed by atoms with Gasteiger partial charge in [-0.25, -0.2) is 19.3 Å². The van der Waals surface area contributed by atoms with Crippen LogP contribution in [-0.2, 0) is 0 Å². The van der Waals surface area contributed by atoms with E-state index in [1.54, 1.807) is 16.7 Å². The zero-order valence-electron chi connectivity index (χ0n) is 14.4. The van der Waals surface area contributed by atoms with Crippen LogP contribution in [0.1, 0.15) is 32.6 Å². The highest BCUT2D eigenvalue weighted by molar-refractivity contribution is 5.63. The first kappa shape index (κ1) is 16.6. The number of aromatic nitrogens is 4. The average molecular weight is 355 g/mol. The number of aromatic amines is 1. The molecule has 134 valence electrons. The Balaban J connectivity index is 1.69. The summed E-state index contributed by atoms with van der Waals surface area (Å²) in [7, 11) is 0. The van der Waals surface area contributed by atoms with Crippen LogP contribution in [0.25, 0.3) is 17.2 Å². The van der Waals surface area contributed by atoms with Gasteiger partial charge in [0.1, 0.15) is 12.4 Å². The van der Waals surface area contributed by atoms with Crippen LogP contribution in [0.4, 0.5) is 15.9 Å². The number of nitrogens with one attached hydrogen (secondary N) is 2. The highest BCUT2D eigenvalue weighted by Crippen LogP contribution is 2.30. The molecule has 3 aromatic rings. The molecular weight excluding hydrogens is 335 g/mol. The molecule has 0 atom stereocenters. The number of H-pyrrole nitrogens is 1. The van der Waals surface area contributed by atoms with Gasteiger partial charge in [0.2, 0.25) is 11.5 Å². The number of nitroso groups, excluding NO2 is 1. The van der Waals surface area contributed by atoms with Crippen molar-refractivity contribution in [1.29, 1.82) is 0 Å². The van der Waals surface area contributed by atoms with Gasteiger partial charge in [0, 0.05) is 12.1 Å². The lowest BCUT2D eigenvalue weighted by Crippen LogP contribution is -2.26. The largest absolute Gasteiger partial charge is 0.365 e. The zero-order valence-corrected chi connectivity index (χ0v) is 14.4. The molecule has 7 nitrogen and oxygen atoms in total. The molecule has 8 heteroatoms. The predicted molar refractivity (Wildman–Crippen MR) is 95.4 cm³/mol. The molecule has 3 aromatic heterocycles. The average Bonchev–Trinajstić information content (AvgIpc) is 3.06. The van der Waals surface area contributed by atoms with Gasteiger partial charge in [-0.05, 0) is 42.8 Å². The van der Waals surface area contributed by atoms with Crippen LogP contribution in [0.15, 0.2) is 35.9 Å². The van der Waals surface area contributed by atoms with E-state index in [1.165, 1.54) is 18.5 Å². The van der Waals surface area contributed by atoms with Crippen LogP contribution < -0.4 is 9.72 Å². The van der Waals surface area contributed by atoms with Gasteiger partial charge in [0.05, 0.1) is 6.20 Å². The summed E-state index contributed by atoms with van der Waals surface area (Å²) in [5.41, 5.74) is 1.51. The summed E-state index contributed by atoms with van der Waals surface area (Å²) in [6.07, 6.45) is 8.85. The molecule has 2 N–H and O–H groups in total. The van der Waals surface area contributed by atoms with Crippen LogP contribution in [0.3, 0.4) is 0 Å². The summed E-state index contributed by atoms with van der Waals surface area (Å²) >= 11 is 0. The summed E-state index contributed by atoms with van der Waals surface area (Å²) < 4.78 is 15.2. The number of hydrogen-bond donors (Lipinski definition) is 2. The predicted octanol–water partition coefficient (Wildman–Crippen LogP) is 3.74. The molecule has 1 fully saturated rings. The topological polar surface area (TPSA) is 87.1 Å². The van der Waals surface area contributed by atoms with Crippen molar-refractivity contribution in [2.75, 3.05) is 5.32 Å². The standard InChI is InChI=1S/C18H19FN6O/c1-11-2-5-13(6-3-11)22-17-14(24-26)8-21-18(23-17)15-9-20-16-7-4-12(19)10-25(15)16/h4,7-11,13H,2-3,5-6H2,1H3,(H,21,22,23,26)/p+1. The Morgan fingerprint density at radius 1 is 1.31 bits per heavy atom. The monoisotopic (exact) mass is 355 g/mol. The SMILES string of the molecule is CC1CCC(Nc2nc(-c3c[nH]c4ccc(F)c[n+]34)ncc2N=O)CC1. The summed E-state index contributed by atoms with van der Waals surface area (Å²) in [6.45, 7) is 2.25. The molecule has 0 radical (unpaired) electrons. The molecule has 1 aliphatic carbocycles. The first-order valence-corrected chi connectivity index (χ1v) is 8.79. The maximum atomic E-state index is 13.6. The third-order valence-corrected chi connectivity index (χ3v) is 4.98. The first-order chi connectivity index (χ1) is 12.6. The van der Waals surface area contributed by atoms with E-state index in [0.29, 0.717) is 17.3 Å². The summed E-state index contributed by atoms with van der Waals surface area (Å²) in [6, 6.07) is 3.29. The molecule has 0 aliphatic heterocycles. The highest BCUT2D eigenvalue weighted by Gasteiger charge is 2.22. The number of halogens is 1. The van der Waals surface area contributed by atoms with Crippen molar-refractivity contribution >= 4 is 17.2 Å². The molecule has 0 unspecified atom stereocenters. The molecule has 0 saturated heterocycles. The van der Waals surface area contributed by atoms with E-state index in [2.05, 4.69) is 32.4 Å². The van der Waals surface area contributed by atoms with Gasteiger partial charge in [0.25, 0.3) is 5.65 Å². The fourth-order valence-electron chi connectivity index (χ4n) is 3.45. The lowest BCUT2D eigenvalue weighted by Gasteiger charge is -2.27. The smallest absolute Gasteiger partial charge is 0.284 e. The quantitative estimate of drug-likeness (QED) is 0.551. The van der Waals surface area contributed by atoms with Crippen molar-refractivity contribution in [3.63, 3.8) is 0 Å². The molecule has 0 spiro atoms. The second kappa shape index (κ2) is 6.78. The minimum Gasteiger partial charge on any atom is -0.365 e. The van der Waals surface area contributed by atoms with Crippen LogP contribution in [0, 0.1) is 16.6 Å². The molecule has 4 rings (SSSR count). The Labute approximate surface area is 149 Å². The van der Waals surface area contributed by atoms with E-state index >= 15 is 0 Å². The summed E-state index contributed by atoms with van der Waals surface area (Å²) in [5, 5.41) is 6.38. The Bertz CT molecular complexity index is 948. The van der Waals surface area contributed by atoms with E-state index in [4.69, 9.17) is 0 Å². The van der Waals surface area contributed by atoms with E-state index in [9.17, 15) is 9.30 Å². The fourth-order valence-corrected chi connectivity index (χ4v) is 3.45. The Kier molecular flexibility index (Phi) is 4.32. The van der Waals surface area contributed by atoms with Crippen molar-refractivity contribution in [1.82, 2.24) is 15.0 Å². The highest BCUT2D eigenvalue weighted by atomic mass is 19.1. The minimum atomic E-state index is -0.357. The van der Waals surface area contributed by atoms with Crippen LogP contribution in [0.2, 0.25) is 0 Å². The molecule has 3 heterocycles. The van der Waals surface area contributed by atoms with E-state index < -0.39 is 0 Å². The maximum absolute atomic E-state index is 13.6. The zero-order chi connectivity index (χ0) is 18.1. The number of fused-ring (bicyclic) bond motifs is 1. The molecular formula is C18H20FN6O+. The Hall–Kier alpha value is -2.90. The Morgan fingerprint density at radius 3 is 2.88 bits per heavy atom. The number of imidazole rings is 1. The summed E-state index contributed by atoms with van der Waals surface area (Å²) in [5.74, 6) is 1.20. The van der Waals surface area contributed by atoms with Crippen molar-refractivity contribution < 1.29 is 8.79 Å². The third kappa shape index (κ3) is 3.14. The molecule has 0 bridgehead atoms. The van der Waals surface area contributed by atoms with Gasteiger partial charge in [0.15, 0.2) is 17.3 Å². The van der Waals surface area contributed by atoms with Crippen LogP contribution >= 0.6 is 0 Å². The molecule has 1 aliphatic rings. The maximum Gasteiger partial charge on any atom is 0.284 e. The van der Waals surface area contributed by atoms with E-state index in [-0.39, 0.29) is 17.5 Å². The van der Waals surface area contributed by atoms with Crippen molar-refractivity contribution in [2.45, 2.75) is 38.6 Å². The molecule has 26 heavy (non-hydrogen) atoms. The Morgan fingerprint density at radius 2 is 2.12 bits per heavy atom. The molecule has 1 saturated carbocycles. The summed E-state index contributed by atoms with van der Waals surface area (Å²) in [4.78, 5) is 22.9. The van der Waals surface area contributed by atoms with Gasteiger partial charge in [-0.15, -0.1) is 4.91 Å². The molecule has 0 amide bonds. The third-order valence-electron chi connectivity index (χ3n) is 4.98. The van der Waals surface area contributed by atoms with Gasteiger partial charge in [-0.3, -0.25) is 0 Å².